The van der Waals surface area contributed by atoms with Gasteiger partial charge < -0.3 is 9.88 Å². The maximum atomic E-state index is 13.5. The highest BCUT2D eigenvalue weighted by molar-refractivity contribution is 5.93. The predicted molar refractivity (Wildman–Crippen MR) is 120 cm³/mol. The molecule has 2 aromatic heterocycles. The molecule has 5 nitrogen and oxygen atoms in total. The summed E-state index contributed by atoms with van der Waals surface area (Å²) in [5, 5.41) is 5.74. The van der Waals surface area contributed by atoms with Crippen molar-refractivity contribution in [3.05, 3.63) is 77.5 Å². The zero-order valence-electron chi connectivity index (χ0n) is 17.9. The molecule has 1 unspecified atom stereocenters. The van der Waals surface area contributed by atoms with Gasteiger partial charge in [-0.15, -0.1) is 0 Å². The van der Waals surface area contributed by atoms with Gasteiger partial charge >= 0.3 is 0 Å². The van der Waals surface area contributed by atoms with Crippen LogP contribution in [-0.2, 0) is 12.5 Å². The molecule has 1 saturated heterocycles. The molecule has 1 N–H and O–H groups in total. The third-order valence-electron chi connectivity index (χ3n) is 6.84. The second-order valence-corrected chi connectivity index (χ2v) is 8.95. The Hall–Kier alpha value is -3.15. The Labute approximate surface area is 181 Å². The predicted octanol–water partition coefficient (Wildman–Crippen LogP) is 4.83. The smallest absolute Gasteiger partial charge is 0.272 e. The number of benzene rings is 1. The lowest BCUT2D eigenvalue weighted by molar-refractivity contribution is 0.0702. The first kappa shape index (κ1) is 19.8. The van der Waals surface area contributed by atoms with E-state index in [4.69, 9.17) is 0 Å². The standard InChI is InChI=1S/C25H27FN4O/c1-25(10-4-3-5-11-25)23-15-22(29(2)28-23)24(31)30-12-8-17(9-13-30)20-16-27-21-14-18(26)6-7-19(20)21/h3-7,10,14-17,27H,8-9,11-13H2,1-2H3. The Kier molecular flexibility index (Phi) is 4.80. The minimum atomic E-state index is -0.231. The zero-order valence-corrected chi connectivity index (χ0v) is 17.9. The van der Waals surface area contributed by atoms with Crippen LogP contribution in [-0.4, -0.2) is 38.7 Å². The Morgan fingerprint density at radius 3 is 2.77 bits per heavy atom. The second kappa shape index (κ2) is 7.52. The van der Waals surface area contributed by atoms with Crippen LogP contribution in [0.25, 0.3) is 10.9 Å². The van der Waals surface area contributed by atoms with Crippen molar-refractivity contribution in [3.8, 4) is 0 Å². The van der Waals surface area contributed by atoms with Gasteiger partial charge in [-0.05, 0) is 55.0 Å². The number of nitrogens with one attached hydrogen (secondary N) is 1. The molecule has 31 heavy (non-hydrogen) atoms. The van der Waals surface area contributed by atoms with E-state index < -0.39 is 0 Å². The number of nitrogens with zero attached hydrogens (tertiary/aromatic N) is 3. The summed E-state index contributed by atoms with van der Waals surface area (Å²) in [4.78, 5) is 18.4. The number of aryl methyl sites for hydroxylation is 1. The van der Waals surface area contributed by atoms with Gasteiger partial charge in [-0.1, -0.05) is 31.2 Å². The van der Waals surface area contributed by atoms with E-state index in [0.29, 0.717) is 24.7 Å². The number of hydrogen-bond acceptors (Lipinski definition) is 2. The largest absolute Gasteiger partial charge is 0.361 e. The van der Waals surface area contributed by atoms with Gasteiger partial charge in [0, 0.05) is 42.7 Å². The number of amides is 1. The number of likely N-dealkylation sites (tertiary alicyclic amines) is 1. The number of rotatable bonds is 3. The lowest BCUT2D eigenvalue weighted by Gasteiger charge is -2.32. The van der Waals surface area contributed by atoms with Gasteiger partial charge in [-0.2, -0.15) is 5.10 Å². The molecule has 3 aromatic rings. The van der Waals surface area contributed by atoms with Gasteiger partial charge in [-0.25, -0.2) is 4.39 Å². The van der Waals surface area contributed by atoms with E-state index in [1.807, 2.05) is 42.4 Å². The number of H-pyrrole nitrogens is 1. The van der Waals surface area contributed by atoms with E-state index in [2.05, 4.69) is 29.2 Å². The minimum Gasteiger partial charge on any atom is -0.361 e. The third kappa shape index (κ3) is 3.50. The van der Waals surface area contributed by atoms with Crippen LogP contribution in [0.3, 0.4) is 0 Å². The molecule has 1 fully saturated rings. The molecule has 2 aliphatic rings. The minimum absolute atomic E-state index is 0.0413. The highest BCUT2D eigenvalue weighted by Gasteiger charge is 2.31. The summed E-state index contributed by atoms with van der Waals surface area (Å²) in [5.74, 6) is 0.175. The first-order chi connectivity index (χ1) is 14.9. The molecule has 0 saturated carbocycles. The normalized spacial score (nSPS) is 21.8. The van der Waals surface area contributed by atoms with Gasteiger partial charge in [0.1, 0.15) is 11.5 Å². The molecule has 1 aromatic carbocycles. The summed E-state index contributed by atoms with van der Waals surface area (Å²) >= 11 is 0. The van der Waals surface area contributed by atoms with Crippen LogP contribution in [0.4, 0.5) is 4.39 Å². The van der Waals surface area contributed by atoms with Crippen LogP contribution in [0.5, 0.6) is 0 Å². The van der Waals surface area contributed by atoms with Crippen LogP contribution < -0.4 is 0 Å². The fourth-order valence-electron chi connectivity index (χ4n) is 4.88. The summed E-state index contributed by atoms with van der Waals surface area (Å²) in [6.07, 6.45) is 13.1. The topological polar surface area (TPSA) is 53.9 Å². The number of carbonyl (C=O) groups is 1. The molecule has 1 atom stereocenters. The van der Waals surface area contributed by atoms with Crippen molar-refractivity contribution in [3.63, 3.8) is 0 Å². The number of aromatic nitrogens is 3. The lowest BCUT2D eigenvalue weighted by Crippen LogP contribution is -2.38. The molecule has 0 radical (unpaired) electrons. The molecule has 1 aliphatic carbocycles. The zero-order chi connectivity index (χ0) is 21.6. The number of aromatic amines is 1. The monoisotopic (exact) mass is 418 g/mol. The van der Waals surface area contributed by atoms with E-state index in [9.17, 15) is 9.18 Å². The van der Waals surface area contributed by atoms with Crippen molar-refractivity contribution in [1.29, 1.82) is 0 Å². The SMILES string of the molecule is Cn1nc(C2(C)C=CC=CC2)cc1C(=O)N1CCC(c2c[nH]c3cc(F)ccc23)CC1. The van der Waals surface area contributed by atoms with Crippen LogP contribution >= 0.6 is 0 Å². The van der Waals surface area contributed by atoms with E-state index in [-0.39, 0.29) is 17.1 Å². The maximum Gasteiger partial charge on any atom is 0.272 e. The number of hydrogen-bond donors (Lipinski definition) is 1. The Bertz CT molecular complexity index is 1200. The summed E-state index contributed by atoms with van der Waals surface area (Å²) in [6, 6.07) is 6.85. The number of allylic oxidation sites excluding steroid dienone is 4. The molecule has 1 amide bonds. The van der Waals surface area contributed by atoms with Gasteiger partial charge in [0.05, 0.1) is 5.69 Å². The number of fused-ring (bicyclic) bond motifs is 1. The lowest BCUT2D eigenvalue weighted by atomic mass is 9.80. The molecule has 1 aliphatic heterocycles. The first-order valence-electron chi connectivity index (χ1n) is 10.9. The van der Waals surface area contributed by atoms with E-state index in [0.717, 1.165) is 35.9 Å². The molecule has 160 valence electrons. The van der Waals surface area contributed by atoms with Crippen molar-refractivity contribution < 1.29 is 9.18 Å². The highest BCUT2D eigenvalue weighted by Crippen LogP contribution is 2.35. The summed E-state index contributed by atoms with van der Waals surface area (Å²) in [5.41, 5.74) is 3.44. The second-order valence-electron chi connectivity index (χ2n) is 8.95. The van der Waals surface area contributed by atoms with Crippen molar-refractivity contribution in [2.24, 2.45) is 7.05 Å². The summed E-state index contributed by atoms with van der Waals surface area (Å²) in [7, 11) is 1.85. The van der Waals surface area contributed by atoms with Crippen LogP contribution in [0.15, 0.2) is 54.8 Å². The summed E-state index contributed by atoms with van der Waals surface area (Å²) in [6.45, 7) is 3.57. The van der Waals surface area contributed by atoms with Crippen molar-refractivity contribution in [1.82, 2.24) is 19.7 Å². The molecule has 3 heterocycles. The van der Waals surface area contributed by atoms with Gasteiger partial charge in [0.2, 0.25) is 0 Å². The molecule has 0 bridgehead atoms. The highest BCUT2D eigenvalue weighted by atomic mass is 19.1. The molecular weight excluding hydrogens is 391 g/mol. The fraction of sp³-hybridized carbons (Fsp3) is 0.360. The van der Waals surface area contributed by atoms with E-state index in [1.54, 1.807) is 4.68 Å². The number of piperidine rings is 1. The quantitative estimate of drug-likeness (QED) is 0.662. The van der Waals surface area contributed by atoms with E-state index >= 15 is 0 Å². The number of carbonyl (C=O) groups excluding carboxylic acids is 1. The maximum absolute atomic E-state index is 13.5. The number of halogens is 1. The summed E-state index contributed by atoms with van der Waals surface area (Å²) < 4.78 is 15.2. The van der Waals surface area contributed by atoms with Gasteiger partial charge in [0.15, 0.2) is 0 Å². The van der Waals surface area contributed by atoms with Crippen LogP contribution in [0, 0.1) is 5.82 Å². The van der Waals surface area contributed by atoms with E-state index in [1.165, 1.54) is 17.7 Å². The van der Waals surface area contributed by atoms with Gasteiger partial charge in [-0.3, -0.25) is 9.48 Å². The molecule has 5 rings (SSSR count). The Balaban J connectivity index is 1.30. The van der Waals surface area contributed by atoms with Crippen molar-refractivity contribution in [2.75, 3.05) is 13.1 Å². The van der Waals surface area contributed by atoms with Crippen molar-refractivity contribution in [2.45, 2.75) is 37.5 Å². The molecule has 6 heteroatoms. The Morgan fingerprint density at radius 1 is 1.23 bits per heavy atom. The average molecular weight is 419 g/mol. The fourth-order valence-corrected chi connectivity index (χ4v) is 4.88. The van der Waals surface area contributed by atoms with Gasteiger partial charge in [0.25, 0.3) is 5.91 Å². The van der Waals surface area contributed by atoms with Crippen molar-refractivity contribution >= 4 is 16.8 Å². The average Bonchev–Trinajstić information content (AvgIpc) is 3.37. The van der Waals surface area contributed by atoms with Crippen LogP contribution in [0.2, 0.25) is 0 Å². The molecular formula is C25H27FN4O. The Morgan fingerprint density at radius 2 is 2.03 bits per heavy atom. The third-order valence-corrected chi connectivity index (χ3v) is 6.84. The first-order valence-corrected chi connectivity index (χ1v) is 10.9. The molecule has 0 spiro atoms. The van der Waals surface area contributed by atoms with Crippen LogP contribution in [0.1, 0.15) is 53.8 Å².